The molecule has 0 spiro atoms. The lowest BCUT2D eigenvalue weighted by Gasteiger charge is -2.21. The van der Waals surface area contributed by atoms with Crippen LogP contribution in [0.1, 0.15) is 323 Å². The standard InChI is InChI=1S/C75H134O17P2/c1-5-9-13-17-21-25-29-32-34-37-40-43-47-51-55-59-72(77)85-65-70(91-74(79)61-57-53-49-45-39-28-24-20-16-12-8-4)67-89-93(81,82)87-63-69(76)64-88-94(83,84)90-68-71(92-75(80)62-58-54-50-46-42-36-31-27-23-19-15-11-7-3)66-86-73(78)60-56-52-48-44-41-38-35-33-30-26-22-18-14-10-6-2/h9-10,13-14,21-22,25-26,32-35,69-71,76H,5-8,11-12,15-20,23-24,27-31,36-68H2,1-4H3,(H,81,82)(H,83,84)/b13-9-,14-10-,25-21-,26-22-,34-32-,35-33-. The third-order valence-corrected chi connectivity index (χ3v) is 17.6. The van der Waals surface area contributed by atoms with Gasteiger partial charge in [0.05, 0.1) is 26.4 Å². The number of hydrogen-bond acceptors (Lipinski definition) is 15. The number of carbonyl (C=O) groups is 4. The molecule has 17 nitrogen and oxygen atoms in total. The molecule has 0 aromatic heterocycles. The number of phosphoric acid groups is 2. The van der Waals surface area contributed by atoms with Crippen molar-refractivity contribution in [3.8, 4) is 0 Å². The smallest absolute Gasteiger partial charge is 0.462 e. The fourth-order valence-electron chi connectivity index (χ4n) is 10.1. The highest BCUT2D eigenvalue weighted by atomic mass is 31.2. The first kappa shape index (κ1) is 90.5. The normalized spacial score (nSPS) is 14.4. The van der Waals surface area contributed by atoms with Gasteiger partial charge in [-0.25, -0.2) is 9.13 Å². The number of ether oxygens (including phenoxy) is 4. The van der Waals surface area contributed by atoms with Crippen LogP contribution in [0.3, 0.4) is 0 Å². The molecule has 0 rings (SSSR count). The molecule has 0 bridgehead atoms. The number of rotatable bonds is 70. The van der Waals surface area contributed by atoms with Gasteiger partial charge >= 0.3 is 39.5 Å². The van der Waals surface area contributed by atoms with Gasteiger partial charge in [0.25, 0.3) is 0 Å². The van der Waals surface area contributed by atoms with Crippen molar-refractivity contribution in [3.63, 3.8) is 0 Å². The average Bonchev–Trinajstić information content (AvgIpc) is 1.35. The number of aliphatic hydroxyl groups excluding tert-OH is 1. The van der Waals surface area contributed by atoms with Crippen LogP contribution in [0.5, 0.6) is 0 Å². The summed E-state index contributed by atoms with van der Waals surface area (Å²) < 4.78 is 68.3. The van der Waals surface area contributed by atoms with Gasteiger partial charge in [0.2, 0.25) is 0 Å². The van der Waals surface area contributed by atoms with Gasteiger partial charge in [0.1, 0.15) is 19.3 Å². The Morgan fingerprint density at radius 2 is 0.553 bits per heavy atom. The number of unbranched alkanes of at least 4 members (excludes halogenated alkanes) is 32. The van der Waals surface area contributed by atoms with Crippen LogP contribution in [0.25, 0.3) is 0 Å². The van der Waals surface area contributed by atoms with Crippen LogP contribution in [0.4, 0.5) is 0 Å². The fourth-order valence-corrected chi connectivity index (χ4v) is 11.7. The number of carbonyl (C=O) groups excluding carboxylic acids is 4. The minimum Gasteiger partial charge on any atom is -0.462 e. The highest BCUT2D eigenvalue weighted by Gasteiger charge is 2.30. The van der Waals surface area contributed by atoms with Gasteiger partial charge in [-0.05, 0) is 89.9 Å². The first-order valence-corrected chi connectivity index (χ1v) is 40.2. The lowest BCUT2D eigenvalue weighted by Crippen LogP contribution is -2.30. The monoisotopic (exact) mass is 1370 g/mol. The molecule has 0 fully saturated rings. The first-order chi connectivity index (χ1) is 45.7. The second-order valence-electron chi connectivity index (χ2n) is 24.8. The minimum absolute atomic E-state index is 0.0955. The van der Waals surface area contributed by atoms with Crippen molar-refractivity contribution in [2.45, 2.75) is 341 Å². The number of aliphatic hydroxyl groups is 1. The molecule has 0 aliphatic rings. The summed E-state index contributed by atoms with van der Waals surface area (Å²) in [6, 6.07) is 0. The van der Waals surface area contributed by atoms with Gasteiger partial charge in [-0.15, -0.1) is 0 Å². The maximum Gasteiger partial charge on any atom is 0.472 e. The topological polar surface area (TPSA) is 237 Å². The fraction of sp³-hybridized carbons (Fsp3) is 0.787. The average molecular weight is 1370 g/mol. The minimum atomic E-state index is -4.97. The molecule has 19 heteroatoms. The van der Waals surface area contributed by atoms with E-state index >= 15 is 0 Å². The summed E-state index contributed by atoms with van der Waals surface area (Å²) in [4.78, 5) is 72.7. The molecule has 94 heavy (non-hydrogen) atoms. The molecule has 5 unspecified atom stereocenters. The second kappa shape index (κ2) is 68.0. The predicted molar refractivity (Wildman–Crippen MR) is 381 cm³/mol. The summed E-state index contributed by atoms with van der Waals surface area (Å²) in [6.45, 7) is 4.64. The third-order valence-electron chi connectivity index (χ3n) is 15.7. The van der Waals surface area contributed by atoms with Crippen LogP contribution in [-0.2, 0) is 65.4 Å². The quantitative estimate of drug-likeness (QED) is 0.0169. The Balaban J connectivity index is 5.31. The van der Waals surface area contributed by atoms with E-state index in [1.807, 2.05) is 0 Å². The van der Waals surface area contributed by atoms with E-state index in [9.17, 15) is 43.2 Å². The lowest BCUT2D eigenvalue weighted by molar-refractivity contribution is -0.161. The summed E-state index contributed by atoms with van der Waals surface area (Å²) in [7, 11) is -9.93. The van der Waals surface area contributed by atoms with Gasteiger partial charge in [0.15, 0.2) is 12.2 Å². The van der Waals surface area contributed by atoms with Crippen molar-refractivity contribution in [2.75, 3.05) is 39.6 Å². The zero-order valence-electron chi connectivity index (χ0n) is 59.4. The Morgan fingerprint density at radius 1 is 0.309 bits per heavy atom. The molecule has 0 aliphatic heterocycles. The second-order valence-corrected chi connectivity index (χ2v) is 27.7. The SMILES string of the molecule is CC/C=C\C/C=C\C/C=C\CCCCCCCC(=O)OCC(COP(=O)(O)OCC(O)COP(=O)(O)OCC(COC(=O)CCCCCCC/C=C\C/C=C\C/C=C\CC)OC(=O)CCCCCCCCCCCCCCC)OC(=O)CCCCCCCCCCCCC. The lowest BCUT2D eigenvalue weighted by atomic mass is 10.0. The van der Waals surface area contributed by atoms with Gasteiger partial charge < -0.3 is 33.8 Å². The van der Waals surface area contributed by atoms with Crippen LogP contribution in [0.2, 0.25) is 0 Å². The largest absolute Gasteiger partial charge is 0.472 e. The summed E-state index contributed by atoms with van der Waals surface area (Å²) in [5.74, 6) is -2.19. The predicted octanol–water partition coefficient (Wildman–Crippen LogP) is 20.9. The maximum absolute atomic E-state index is 13.0. The van der Waals surface area contributed by atoms with Crippen molar-refractivity contribution >= 4 is 39.5 Å². The molecule has 0 amide bonds. The van der Waals surface area contributed by atoms with E-state index < -0.39 is 97.5 Å². The van der Waals surface area contributed by atoms with Gasteiger partial charge in [-0.1, -0.05) is 280 Å². The molecule has 0 saturated heterocycles. The van der Waals surface area contributed by atoms with Crippen molar-refractivity contribution < 1.29 is 80.2 Å². The van der Waals surface area contributed by atoms with Crippen molar-refractivity contribution in [1.29, 1.82) is 0 Å². The van der Waals surface area contributed by atoms with E-state index in [-0.39, 0.29) is 25.7 Å². The van der Waals surface area contributed by atoms with Crippen LogP contribution >= 0.6 is 15.6 Å². The van der Waals surface area contributed by atoms with E-state index in [0.717, 1.165) is 154 Å². The van der Waals surface area contributed by atoms with E-state index in [1.54, 1.807) is 0 Å². The van der Waals surface area contributed by atoms with E-state index in [1.165, 1.54) is 89.9 Å². The Kier molecular flexibility index (Phi) is 65.5. The van der Waals surface area contributed by atoms with Crippen LogP contribution in [-0.4, -0.2) is 96.7 Å². The van der Waals surface area contributed by atoms with Crippen molar-refractivity contribution in [3.05, 3.63) is 72.9 Å². The molecule has 0 saturated carbocycles. The molecule has 546 valence electrons. The van der Waals surface area contributed by atoms with Crippen LogP contribution in [0.15, 0.2) is 72.9 Å². The van der Waals surface area contributed by atoms with Crippen molar-refractivity contribution in [2.24, 2.45) is 0 Å². The Morgan fingerprint density at radius 3 is 0.851 bits per heavy atom. The number of phosphoric ester groups is 2. The summed E-state index contributed by atoms with van der Waals surface area (Å²) >= 11 is 0. The highest BCUT2D eigenvalue weighted by Crippen LogP contribution is 2.45. The van der Waals surface area contributed by atoms with E-state index in [4.69, 9.17) is 37.0 Å². The van der Waals surface area contributed by atoms with Gasteiger partial charge in [-0.2, -0.15) is 0 Å². The molecule has 3 N–H and O–H groups in total. The summed E-state index contributed by atoms with van der Waals surface area (Å²) in [5.41, 5.74) is 0. The molecule has 0 aromatic carbocycles. The van der Waals surface area contributed by atoms with Gasteiger partial charge in [-0.3, -0.25) is 37.3 Å². The zero-order valence-corrected chi connectivity index (χ0v) is 61.2. The molecule has 0 heterocycles. The van der Waals surface area contributed by atoms with Gasteiger partial charge in [0, 0.05) is 25.7 Å². The molecule has 0 aliphatic carbocycles. The van der Waals surface area contributed by atoms with Crippen molar-refractivity contribution in [1.82, 2.24) is 0 Å². The first-order valence-electron chi connectivity index (χ1n) is 37.2. The number of hydrogen-bond donors (Lipinski definition) is 3. The molecule has 5 atom stereocenters. The summed E-state index contributed by atoms with van der Waals surface area (Å²) in [6.07, 6.45) is 66.1. The molecule has 0 radical (unpaired) electrons. The van der Waals surface area contributed by atoms with E-state index in [2.05, 4.69) is 101 Å². The zero-order chi connectivity index (χ0) is 69.0. The molecular weight excluding hydrogens is 1230 g/mol. The van der Waals surface area contributed by atoms with Crippen LogP contribution < -0.4 is 0 Å². The third kappa shape index (κ3) is 67.1. The highest BCUT2D eigenvalue weighted by molar-refractivity contribution is 7.47. The van der Waals surface area contributed by atoms with E-state index in [0.29, 0.717) is 25.7 Å². The number of allylic oxidation sites excluding steroid dienone is 12. The molecular formula is C75H134O17P2. The Hall–Kier alpha value is -3.50. The Bertz CT molecular complexity index is 2070. The molecule has 0 aromatic rings. The number of esters is 4. The summed E-state index contributed by atoms with van der Waals surface area (Å²) in [5, 5.41) is 10.6. The Labute approximate surface area is 571 Å². The maximum atomic E-state index is 13.0. The van der Waals surface area contributed by atoms with Crippen LogP contribution in [0, 0.1) is 0 Å².